The molecule has 0 aliphatic carbocycles. The second kappa shape index (κ2) is 16.4. The van der Waals surface area contributed by atoms with Gasteiger partial charge < -0.3 is 14.4 Å². The van der Waals surface area contributed by atoms with E-state index in [1.165, 1.54) is 18.3 Å². The first kappa shape index (κ1) is 29.8. The van der Waals surface area contributed by atoms with Gasteiger partial charge >= 0.3 is 0 Å². The molecule has 58 heavy (non-hydrogen) atoms. The SMILES string of the molecule is [2H]C([2H])([2H])c1c[c-]c(-c2ccc(C([2H])([2H])C(C)(C)C)cn2)cc1.[2H]C([2H])([2H])c1cc(C([2H])([2H])C(C)(C)C)ccc1-c1ccnc(-c2[c-]ccc3c2oc2c3ccc3ccc4ccccc4c32)c1.[Ir]. The van der Waals surface area contributed by atoms with E-state index in [4.69, 9.17) is 18.1 Å². The first-order chi connectivity index (χ1) is 31.3. The van der Waals surface area contributed by atoms with Gasteiger partial charge in [-0.15, -0.1) is 53.6 Å². The summed E-state index contributed by atoms with van der Waals surface area (Å²) in [6.07, 6.45) is -0.0235. The average Bonchev–Trinajstić information content (AvgIpc) is 3.67. The number of nitrogens with zero attached hydrogens (tertiary/aromatic N) is 2. The predicted molar refractivity (Wildman–Crippen MR) is 241 cm³/mol. The van der Waals surface area contributed by atoms with Gasteiger partial charge in [0, 0.05) is 57.0 Å². The molecule has 0 unspecified atom stereocenters. The zero-order valence-corrected chi connectivity index (χ0v) is 35.7. The van der Waals surface area contributed by atoms with Crippen LogP contribution in [0.15, 0.2) is 138 Å². The molecular formula is C54H50IrN2O-2. The third-order valence-electron chi connectivity index (χ3n) is 9.54. The Balaban J connectivity index is 0.000000242. The molecular weight excluding hydrogens is 885 g/mol. The maximum absolute atomic E-state index is 8.72. The fourth-order valence-corrected chi connectivity index (χ4v) is 7.16. The van der Waals surface area contributed by atoms with Crippen LogP contribution < -0.4 is 0 Å². The molecule has 0 bridgehead atoms. The van der Waals surface area contributed by atoms with Crippen LogP contribution in [0.3, 0.4) is 0 Å². The molecule has 0 spiro atoms. The molecule has 293 valence electrons. The number of furan rings is 1. The molecule has 0 atom stereocenters. The fraction of sp³-hybridized carbons (Fsp3) is 0.222. The molecule has 1 radical (unpaired) electrons. The van der Waals surface area contributed by atoms with E-state index in [0.29, 0.717) is 50.4 Å². The zero-order valence-electron chi connectivity index (χ0n) is 43.3. The largest absolute Gasteiger partial charge is 0.500 e. The van der Waals surface area contributed by atoms with Crippen LogP contribution in [0.4, 0.5) is 0 Å². The molecule has 3 heterocycles. The van der Waals surface area contributed by atoms with Crippen molar-refractivity contribution in [1.29, 1.82) is 0 Å². The normalized spacial score (nSPS) is 15.3. The maximum atomic E-state index is 8.72. The average molecular weight is 945 g/mol. The Kier molecular flexibility index (Phi) is 8.44. The van der Waals surface area contributed by atoms with E-state index in [-0.39, 0.29) is 31.2 Å². The summed E-state index contributed by atoms with van der Waals surface area (Å²) < 4.78 is 87.6. The minimum Gasteiger partial charge on any atom is -0.500 e. The van der Waals surface area contributed by atoms with Gasteiger partial charge in [-0.25, -0.2) is 0 Å². The molecule has 0 saturated heterocycles. The molecule has 9 aromatic rings. The van der Waals surface area contributed by atoms with Crippen molar-refractivity contribution in [3.05, 3.63) is 168 Å². The van der Waals surface area contributed by atoms with Gasteiger partial charge in [0.15, 0.2) is 0 Å². The molecule has 6 aromatic carbocycles. The number of aromatic nitrogens is 2. The number of pyridine rings is 2. The van der Waals surface area contributed by atoms with Crippen LogP contribution in [-0.2, 0) is 32.9 Å². The van der Waals surface area contributed by atoms with Gasteiger partial charge in [-0.3, -0.25) is 0 Å². The Labute approximate surface area is 371 Å². The van der Waals surface area contributed by atoms with Gasteiger partial charge in [-0.2, -0.15) is 0 Å². The molecule has 0 aliphatic heterocycles. The molecule has 0 aliphatic rings. The number of hydrogen-bond donors (Lipinski definition) is 0. The standard InChI is InChI=1S/C37H30NO.C17H20N.Ir/c1-23-20-24(22-37(2,3)4)12-16-28(23)27-18-19-38-33(21-27)32-11-7-10-30-31-17-15-26-14-13-25-8-5-6-9-29(25)34(26)36(31)39-35(30)32;1-13-5-8-15(9-6-13)16-10-7-14(12-18-16)11-17(2,3)4;/h5-10,12-21H,22H2,1-4H3;5-8,10,12H,11H2,1-4H3;/q2*-1;/i1D3,22D2;1D3,11D2;. The summed E-state index contributed by atoms with van der Waals surface area (Å²) in [6.45, 7) is 6.39. The van der Waals surface area contributed by atoms with Gasteiger partial charge in [0.1, 0.15) is 5.58 Å². The molecule has 3 nitrogen and oxygen atoms in total. The van der Waals surface area contributed by atoms with Crippen LogP contribution in [-0.4, -0.2) is 9.97 Å². The van der Waals surface area contributed by atoms with Gasteiger partial charge in [-0.1, -0.05) is 144 Å². The molecule has 4 heteroatoms. The molecule has 0 amide bonds. The van der Waals surface area contributed by atoms with E-state index in [2.05, 4.69) is 58.5 Å². The number of aryl methyl sites for hydroxylation is 2. The fourth-order valence-electron chi connectivity index (χ4n) is 7.16. The minimum atomic E-state index is -2.45. The molecule has 0 N–H and O–H groups in total. The second-order valence-corrected chi connectivity index (χ2v) is 16.4. The summed E-state index contributed by atoms with van der Waals surface area (Å²) in [5, 5.41) is 6.37. The van der Waals surface area contributed by atoms with Crippen molar-refractivity contribution in [2.45, 2.75) is 68.0 Å². The van der Waals surface area contributed by atoms with E-state index in [9.17, 15) is 0 Å². The smallest absolute Gasteiger partial charge is 0.129 e. The minimum absolute atomic E-state index is 0. The number of hydrogen-bond acceptors (Lipinski definition) is 3. The Morgan fingerprint density at radius 1 is 0.655 bits per heavy atom. The molecule has 3 aromatic heterocycles. The van der Waals surface area contributed by atoms with Crippen LogP contribution in [0.1, 0.15) is 77.5 Å². The second-order valence-electron chi connectivity index (χ2n) is 16.4. The summed E-state index contributed by atoms with van der Waals surface area (Å²) in [6, 6.07) is 43.5. The maximum Gasteiger partial charge on any atom is 0.129 e. The topological polar surface area (TPSA) is 38.9 Å². The quantitative estimate of drug-likeness (QED) is 0.127. The predicted octanol–water partition coefficient (Wildman–Crippen LogP) is 14.8. The number of benzene rings is 6. The number of fused-ring (bicyclic) bond motifs is 7. The third-order valence-corrected chi connectivity index (χ3v) is 9.54. The first-order valence-electron chi connectivity index (χ1n) is 24.1. The van der Waals surface area contributed by atoms with Crippen molar-refractivity contribution >= 4 is 43.5 Å². The van der Waals surface area contributed by atoms with E-state index in [0.717, 1.165) is 37.9 Å². The zero-order chi connectivity index (χ0) is 48.5. The van der Waals surface area contributed by atoms with Gasteiger partial charge in [0.2, 0.25) is 0 Å². The molecule has 9 rings (SSSR count). The Hall–Kier alpha value is -5.41. The third kappa shape index (κ3) is 8.85. The van der Waals surface area contributed by atoms with Crippen molar-refractivity contribution in [3.8, 4) is 33.6 Å². The summed E-state index contributed by atoms with van der Waals surface area (Å²) in [5.74, 6) is 0. The monoisotopic (exact) mass is 945 g/mol. The molecule has 0 fully saturated rings. The van der Waals surface area contributed by atoms with Crippen LogP contribution in [0.2, 0.25) is 0 Å². The van der Waals surface area contributed by atoms with Gasteiger partial charge in [0.05, 0.1) is 5.58 Å². The van der Waals surface area contributed by atoms with Crippen molar-refractivity contribution < 1.29 is 38.2 Å². The van der Waals surface area contributed by atoms with E-state index in [1.54, 1.807) is 48.7 Å². The van der Waals surface area contributed by atoms with Crippen LogP contribution in [0, 0.1) is 36.7 Å². The van der Waals surface area contributed by atoms with Crippen molar-refractivity contribution in [2.24, 2.45) is 10.8 Å². The number of rotatable bonds is 5. The van der Waals surface area contributed by atoms with Crippen LogP contribution in [0.25, 0.3) is 77.1 Å². The Morgan fingerprint density at radius 3 is 2.16 bits per heavy atom. The van der Waals surface area contributed by atoms with Crippen molar-refractivity contribution in [3.63, 3.8) is 0 Å². The van der Waals surface area contributed by atoms with Crippen molar-refractivity contribution in [1.82, 2.24) is 9.97 Å². The summed E-state index contributed by atoms with van der Waals surface area (Å²) in [7, 11) is 0. The van der Waals surface area contributed by atoms with Gasteiger partial charge in [0.25, 0.3) is 0 Å². The first-order valence-corrected chi connectivity index (χ1v) is 19.1. The summed E-state index contributed by atoms with van der Waals surface area (Å²) in [5.41, 5.74) is 5.20. The summed E-state index contributed by atoms with van der Waals surface area (Å²) in [4.78, 5) is 8.97. The van der Waals surface area contributed by atoms with E-state index >= 15 is 0 Å². The van der Waals surface area contributed by atoms with Crippen LogP contribution >= 0.6 is 0 Å². The Morgan fingerprint density at radius 2 is 1.41 bits per heavy atom. The van der Waals surface area contributed by atoms with Crippen LogP contribution in [0.5, 0.6) is 0 Å². The van der Waals surface area contributed by atoms with E-state index in [1.807, 2.05) is 71.9 Å². The van der Waals surface area contributed by atoms with Crippen molar-refractivity contribution in [2.75, 3.05) is 0 Å². The van der Waals surface area contributed by atoms with Gasteiger partial charge in [-0.05, 0) is 91.9 Å². The molecule has 0 saturated carbocycles. The Bertz CT molecular complexity index is 3290. The summed E-state index contributed by atoms with van der Waals surface area (Å²) >= 11 is 0. The van der Waals surface area contributed by atoms with E-state index < -0.39 is 37.3 Å².